The number of carbonyl (C=O) groups excluding carboxylic acids is 1. The summed E-state index contributed by atoms with van der Waals surface area (Å²) in [6.45, 7) is 4.62. The van der Waals surface area contributed by atoms with Gasteiger partial charge in [0.05, 0.1) is 6.61 Å². The number of aliphatic hydroxyl groups excluding tert-OH is 2. The average Bonchev–Trinajstić information content (AvgIpc) is 3.02. The summed E-state index contributed by atoms with van der Waals surface area (Å²) in [5, 5.41) is 20.0. The van der Waals surface area contributed by atoms with Crippen LogP contribution < -0.4 is 0 Å². The van der Waals surface area contributed by atoms with E-state index in [-0.39, 0.29) is 12.4 Å². The van der Waals surface area contributed by atoms with Crippen LogP contribution in [0.15, 0.2) is 48.6 Å². The molecule has 43 heavy (non-hydrogen) atoms. The Hall–Kier alpha value is -1.49. The number of carbonyl (C=O) groups is 1. The molecule has 2 atom stereocenters. The largest absolute Gasteiger partial charge is 0.394 e. The van der Waals surface area contributed by atoms with Gasteiger partial charge in [0.1, 0.15) is 12.2 Å². The average molecular weight is 603 g/mol. The number of allylic oxidation sites excluding steroid dienone is 8. The minimum absolute atomic E-state index is 0.205. The van der Waals surface area contributed by atoms with E-state index in [4.69, 9.17) is 4.74 Å². The molecule has 0 saturated carbocycles. The third-order valence-electron chi connectivity index (χ3n) is 7.94. The third kappa shape index (κ3) is 30.3. The highest BCUT2D eigenvalue weighted by atomic mass is 16.5. The first-order chi connectivity index (χ1) is 21.2. The van der Waals surface area contributed by atoms with Crippen LogP contribution >= 0.6 is 0 Å². The summed E-state index contributed by atoms with van der Waals surface area (Å²) < 4.78 is 5.66. The minimum Gasteiger partial charge on any atom is -0.394 e. The molecule has 4 nitrogen and oxygen atoms in total. The van der Waals surface area contributed by atoms with Gasteiger partial charge >= 0.3 is 0 Å². The molecule has 0 aliphatic rings. The number of unbranched alkanes of at least 4 members (excludes halogenated alkanes) is 17. The van der Waals surface area contributed by atoms with Crippen LogP contribution in [0.3, 0.4) is 0 Å². The fourth-order valence-electron chi connectivity index (χ4n) is 5.08. The van der Waals surface area contributed by atoms with Crippen LogP contribution in [0.2, 0.25) is 0 Å². The van der Waals surface area contributed by atoms with Crippen molar-refractivity contribution in [2.75, 3.05) is 13.2 Å². The normalized spacial score (nSPS) is 13.8. The summed E-state index contributed by atoms with van der Waals surface area (Å²) >= 11 is 0. The Balaban J connectivity index is 3.70. The van der Waals surface area contributed by atoms with Crippen molar-refractivity contribution in [3.05, 3.63) is 48.6 Å². The van der Waals surface area contributed by atoms with Gasteiger partial charge in [0.15, 0.2) is 5.78 Å². The zero-order chi connectivity index (χ0) is 31.5. The Labute approximate surface area is 267 Å². The predicted octanol–water partition coefficient (Wildman–Crippen LogP) is 10.9. The Morgan fingerprint density at radius 1 is 0.558 bits per heavy atom. The lowest BCUT2D eigenvalue weighted by Gasteiger charge is -2.20. The van der Waals surface area contributed by atoms with Gasteiger partial charge in [0.25, 0.3) is 0 Å². The van der Waals surface area contributed by atoms with Crippen LogP contribution in [-0.4, -0.2) is 41.4 Å². The molecule has 0 bridgehead atoms. The van der Waals surface area contributed by atoms with Gasteiger partial charge in [-0.15, -0.1) is 0 Å². The van der Waals surface area contributed by atoms with Crippen molar-refractivity contribution >= 4 is 5.78 Å². The van der Waals surface area contributed by atoms with E-state index in [0.717, 1.165) is 57.8 Å². The Kier molecular flexibility index (Phi) is 33.8. The zero-order valence-corrected chi connectivity index (χ0v) is 28.4. The van der Waals surface area contributed by atoms with E-state index in [0.29, 0.717) is 13.0 Å². The standard InChI is InChI=1S/C39H70O4/c1-3-5-7-9-11-13-15-17-18-19-20-21-23-25-27-29-31-33-35-43-38(36-40)39(42)37(41)34-32-30-28-26-24-22-16-14-12-10-8-6-4-2/h11,13,17-18,20-21,25,27,38-40,42H,3-10,12,14-16,19,22-24,26,28-36H2,1-2H3/b13-11-,18-17-,21-20-,27-25-/t38-,39?/m0/s1. The van der Waals surface area contributed by atoms with Crippen molar-refractivity contribution in [3.8, 4) is 0 Å². The first-order valence-corrected chi connectivity index (χ1v) is 18.2. The van der Waals surface area contributed by atoms with Crippen LogP contribution in [0.5, 0.6) is 0 Å². The molecule has 1 unspecified atom stereocenters. The fourth-order valence-corrected chi connectivity index (χ4v) is 5.08. The molecular weight excluding hydrogens is 532 g/mol. The maximum Gasteiger partial charge on any atom is 0.164 e. The highest BCUT2D eigenvalue weighted by Crippen LogP contribution is 2.14. The summed E-state index contributed by atoms with van der Waals surface area (Å²) in [7, 11) is 0. The van der Waals surface area contributed by atoms with Crippen molar-refractivity contribution in [3.63, 3.8) is 0 Å². The second-order valence-corrected chi connectivity index (χ2v) is 12.1. The Bertz CT molecular complexity index is 693. The van der Waals surface area contributed by atoms with Gasteiger partial charge in [0, 0.05) is 13.0 Å². The van der Waals surface area contributed by atoms with Gasteiger partial charge in [-0.1, -0.05) is 152 Å². The van der Waals surface area contributed by atoms with Gasteiger partial charge in [0.2, 0.25) is 0 Å². The van der Waals surface area contributed by atoms with Crippen molar-refractivity contribution in [2.45, 2.75) is 180 Å². The molecule has 0 aromatic rings. The number of aliphatic hydroxyl groups is 2. The number of rotatable bonds is 33. The van der Waals surface area contributed by atoms with Gasteiger partial charge in [-0.25, -0.2) is 0 Å². The van der Waals surface area contributed by atoms with E-state index in [1.54, 1.807) is 0 Å². The molecule has 2 N–H and O–H groups in total. The van der Waals surface area contributed by atoms with Crippen molar-refractivity contribution in [2.24, 2.45) is 0 Å². The highest BCUT2D eigenvalue weighted by Gasteiger charge is 2.25. The van der Waals surface area contributed by atoms with Crippen LogP contribution in [0, 0.1) is 0 Å². The van der Waals surface area contributed by atoms with Gasteiger partial charge in [-0.2, -0.15) is 0 Å². The lowest BCUT2D eigenvalue weighted by Crippen LogP contribution is -2.38. The molecule has 250 valence electrons. The van der Waals surface area contributed by atoms with E-state index in [1.807, 2.05) is 0 Å². The predicted molar refractivity (Wildman–Crippen MR) is 187 cm³/mol. The number of hydrogen-bond acceptors (Lipinski definition) is 4. The second kappa shape index (κ2) is 35.0. The van der Waals surface area contributed by atoms with Crippen molar-refractivity contribution < 1.29 is 19.7 Å². The highest BCUT2D eigenvalue weighted by molar-refractivity contribution is 5.83. The molecule has 0 spiro atoms. The zero-order valence-electron chi connectivity index (χ0n) is 28.4. The van der Waals surface area contributed by atoms with Crippen LogP contribution in [0.1, 0.15) is 168 Å². The molecule has 0 radical (unpaired) electrons. The van der Waals surface area contributed by atoms with Crippen LogP contribution in [0.25, 0.3) is 0 Å². The molecule has 0 saturated heterocycles. The molecule has 4 heteroatoms. The smallest absolute Gasteiger partial charge is 0.164 e. The maximum absolute atomic E-state index is 12.4. The summed E-state index contributed by atoms with van der Waals surface area (Å²) in [6, 6.07) is 0. The topological polar surface area (TPSA) is 66.8 Å². The van der Waals surface area contributed by atoms with E-state index in [2.05, 4.69) is 62.5 Å². The maximum atomic E-state index is 12.4. The Morgan fingerprint density at radius 2 is 0.953 bits per heavy atom. The molecule has 0 aromatic carbocycles. The van der Waals surface area contributed by atoms with E-state index in [1.165, 1.54) is 89.9 Å². The molecule has 0 heterocycles. The molecule has 0 aromatic heterocycles. The molecule has 0 rings (SSSR count). The lowest BCUT2D eigenvalue weighted by molar-refractivity contribution is -0.139. The number of ether oxygens (including phenoxy) is 1. The van der Waals surface area contributed by atoms with Gasteiger partial charge < -0.3 is 14.9 Å². The van der Waals surface area contributed by atoms with Gasteiger partial charge in [-0.05, 0) is 57.8 Å². The number of Topliss-reactive ketones (excluding diaryl/α,β-unsaturated/α-hetero) is 1. The Morgan fingerprint density at radius 3 is 1.42 bits per heavy atom. The second-order valence-electron chi connectivity index (χ2n) is 12.1. The summed E-state index contributed by atoms with van der Waals surface area (Å²) in [5.74, 6) is -0.205. The van der Waals surface area contributed by atoms with Gasteiger partial charge in [-0.3, -0.25) is 4.79 Å². The molecule has 0 fully saturated rings. The van der Waals surface area contributed by atoms with Crippen LogP contribution in [0.4, 0.5) is 0 Å². The monoisotopic (exact) mass is 603 g/mol. The molecule has 0 amide bonds. The summed E-state index contributed by atoms with van der Waals surface area (Å²) in [5.41, 5.74) is 0. The summed E-state index contributed by atoms with van der Waals surface area (Å²) in [4.78, 5) is 12.4. The third-order valence-corrected chi connectivity index (χ3v) is 7.94. The van der Waals surface area contributed by atoms with E-state index in [9.17, 15) is 15.0 Å². The molecular formula is C39H70O4. The number of ketones is 1. The lowest BCUT2D eigenvalue weighted by atomic mass is 10.0. The molecule has 0 aliphatic heterocycles. The van der Waals surface area contributed by atoms with E-state index < -0.39 is 12.2 Å². The first kappa shape index (κ1) is 41.5. The number of hydrogen-bond donors (Lipinski definition) is 2. The SMILES string of the molecule is CCCCC/C=C\C/C=C\C/C=C\C/C=C\CCCCO[C@@H](CO)C(O)C(=O)CCCCCCCCCCCCCCC. The van der Waals surface area contributed by atoms with Crippen molar-refractivity contribution in [1.29, 1.82) is 0 Å². The van der Waals surface area contributed by atoms with E-state index >= 15 is 0 Å². The minimum atomic E-state index is -1.23. The fraction of sp³-hybridized carbons (Fsp3) is 0.769. The first-order valence-electron chi connectivity index (χ1n) is 18.2. The van der Waals surface area contributed by atoms with Crippen molar-refractivity contribution in [1.82, 2.24) is 0 Å². The van der Waals surface area contributed by atoms with Crippen LogP contribution in [-0.2, 0) is 9.53 Å². The quantitative estimate of drug-likeness (QED) is 0.0579. The summed E-state index contributed by atoms with van der Waals surface area (Å²) in [6.07, 6.45) is 43.4. The molecule has 0 aliphatic carbocycles.